The second kappa shape index (κ2) is 6.79. The van der Waals surface area contributed by atoms with E-state index in [1.807, 2.05) is 29.6 Å². The van der Waals surface area contributed by atoms with Gasteiger partial charge < -0.3 is 10.1 Å². The van der Waals surface area contributed by atoms with Crippen LogP contribution in [0.25, 0.3) is 21.3 Å². The van der Waals surface area contributed by atoms with E-state index >= 15 is 0 Å². The molecule has 4 nitrogen and oxygen atoms in total. The number of aromatic nitrogens is 2. The molecular weight excluding hydrogens is 341 g/mol. The Balaban J connectivity index is 2.09. The number of anilines is 1. The van der Waals surface area contributed by atoms with Crippen molar-refractivity contribution in [1.82, 2.24) is 10.2 Å². The molecule has 0 unspecified atom stereocenters. The Morgan fingerprint density at radius 2 is 2.09 bits per heavy atom. The van der Waals surface area contributed by atoms with Gasteiger partial charge in [-0.2, -0.15) is 0 Å². The number of thiophene rings is 1. The van der Waals surface area contributed by atoms with Crippen LogP contribution in [-0.4, -0.2) is 30.5 Å². The van der Waals surface area contributed by atoms with Crippen molar-refractivity contribution in [2.75, 3.05) is 25.6 Å². The number of ether oxygens (including phenoxy) is 1. The summed E-state index contributed by atoms with van der Waals surface area (Å²) in [6.07, 6.45) is 0. The van der Waals surface area contributed by atoms with Crippen LogP contribution < -0.4 is 5.32 Å². The predicted octanol–water partition coefficient (Wildman–Crippen LogP) is 4.72. The molecule has 0 aliphatic carbocycles. The van der Waals surface area contributed by atoms with Crippen LogP contribution in [0.3, 0.4) is 0 Å². The lowest BCUT2D eigenvalue weighted by molar-refractivity contribution is 0.211. The molecule has 0 spiro atoms. The highest BCUT2D eigenvalue weighted by molar-refractivity contribution is 7.17. The summed E-state index contributed by atoms with van der Waals surface area (Å²) >= 11 is 13.8. The quantitative estimate of drug-likeness (QED) is 0.674. The van der Waals surface area contributed by atoms with Gasteiger partial charge in [-0.3, -0.25) is 0 Å². The number of halogens is 2. The SMILES string of the molecule is COCCNc1cc(Cl)ccc1-c1nnc(Cl)c2sccc12. The summed E-state index contributed by atoms with van der Waals surface area (Å²) in [6.45, 7) is 1.28. The zero-order valence-electron chi connectivity index (χ0n) is 11.8. The highest BCUT2D eigenvalue weighted by Crippen LogP contribution is 2.37. The van der Waals surface area contributed by atoms with Crippen LogP contribution in [0.1, 0.15) is 0 Å². The third-order valence-corrected chi connectivity index (χ3v) is 4.74. The Morgan fingerprint density at radius 3 is 2.91 bits per heavy atom. The van der Waals surface area contributed by atoms with Gasteiger partial charge in [0.25, 0.3) is 0 Å². The van der Waals surface area contributed by atoms with E-state index in [9.17, 15) is 0 Å². The molecule has 0 saturated carbocycles. The average molecular weight is 354 g/mol. The van der Waals surface area contributed by atoms with E-state index in [0.717, 1.165) is 27.0 Å². The Morgan fingerprint density at radius 1 is 1.23 bits per heavy atom. The molecule has 2 heterocycles. The lowest BCUT2D eigenvalue weighted by Gasteiger charge is -2.12. The number of fused-ring (bicyclic) bond motifs is 1. The molecule has 22 heavy (non-hydrogen) atoms. The molecule has 0 atom stereocenters. The largest absolute Gasteiger partial charge is 0.383 e. The first-order valence-electron chi connectivity index (χ1n) is 6.63. The third kappa shape index (κ3) is 3.03. The maximum Gasteiger partial charge on any atom is 0.169 e. The zero-order chi connectivity index (χ0) is 15.5. The maximum atomic E-state index is 6.11. The van der Waals surface area contributed by atoms with E-state index in [2.05, 4.69) is 15.5 Å². The van der Waals surface area contributed by atoms with Crippen LogP contribution in [0.4, 0.5) is 5.69 Å². The fourth-order valence-corrected chi connectivity index (χ4v) is 3.42. The lowest BCUT2D eigenvalue weighted by Crippen LogP contribution is -2.08. The molecule has 0 radical (unpaired) electrons. The number of rotatable bonds is 5. The standard InChI is InChI=1S/C15H13Cl2N3OS/c1-21-6-5-18-12-8-9(16)2-3-10(12)13-11-4-7-22-14(11)15(17)20-19-13/h2-4,7-8,18H,5-6H2,1H3. The Kier molecular flexibility index (Phi) is 4.78. The summed E-state index contributed by atoms with van der Waals surface area (Å²) in [5, 5.41) is 15.7. The molecule has 0 aliphatic rings. The van der Waals surface area contributed by atoms with Gasteiger partial charge in [-0.05, 0) is 29.6 Å². The molecular formula is C15H13Cl2N3OS. The normalized spacial score (nSPS) is 11.0. The average Bonchev–Trinajstić information content (AvgIpc) is 2.99. The van der Waals surface area contributed by atoms with Crippen molar-refractivity contribution in [1.29, 1.82) is 0 Å². The minimum atomic E-state index is 0.427. The van der Waals surface area contributed by atoms with Crippen molar-refractivity contribution < 1.29 is 4.74 Å². The molecule has 0 aliphatic heterocycles. The first-order chi connectivity index (χ1) is 10.7. The van der Waals surface area contributed by atoms with Crippen LogP contribution in [0.2, 0.25) is 10.2 Å². The van der Waals surface area contributed by atoms with Gasteiger partial charge in [0.05, 0.1) is 11.3 Å². The van der Waals surface area contributed by atoms with Crippen LogP contribution in [0, 0.1) is 0 Å². The molecule has 7 heteroatoms. The summed E-state index contributed by atoms with van der Waals surface area (Å²) in [5.74, 6) is 0. The highest BCUT2D eigenvalue weighted by Gasteiger charge is 2.14. The molecule has 0 fully saturated rings. The topological polar surface area (TPSA) is 47.0 Å². The number of nitrogens with zero attached hydrogens (tertiary/aromatic N) is 2. The molecule has 3 aromatic rings. The molecule has 2 aromatic heterocycles. The van der Waals surface area contributed by atoms with E-state index < -0.39 is 0 Å². The van der Waals surface area contributed by atoms with E-state index in [4.69, 9.17) is 27.9 Å². The molecule has 0 bridgehead atoms. The van der Waals surface area contributed by atoms with Crippen molar-refractivity contribution in [2.45, 2.75) is 0 Å². The van der Waals surface area contributed by atoms with E-state index in [1.165, 1.54) is 0 Å². The second-order valence-electron chi connectivity index (χ2n) is 4.61. The Hall–Kier alpha value is -1.40. The smallest absolute Gasteiger partial charge is 0.169 e. The van der Waals surface area contributed by atoms with Crippen LogP contribution in [0.15, 0.2) is 29.6 Å². The highest BCUT2D eigenvalue weighted by atomic mass is 35.5. The van der Waals surface area contributed by atoms with Crippen molar-refractivity contribution in [3.05, 3.63) is 39.8 Å². The van der Waals surface area contributed by atoms with Gasteiger partial charge in [-0.25, -0.2) is 0 Å². The third-order valence-electron chi connectivity index (χ3n) is 3.20. The van der Waals surface area contributed by atoms with Crippen molar-refractivity contribution in [3.8, 4) is 11.3 Å². The minimum Gasteiger partial charge on any atom is -0.383 e. The summed E-state index contributed by atoms with van der Waals surface area (Å²) in [5.41, 5.74) is 2.62. The van der Waals surface area contributed by atoms with E-state index in [-0.39, 0.29) is 0 Å². The van der Waals surface area contributed by atoms with Gasteiger partial charge >= 0.3 is 0 Å². The van der Waals surface area contributed by atoms with Gasteiger partial charge in [0, 0.05) is 35.3 Å². The van der Waals surface area contributed by atoms with Crippen molar-refractivity contribution in [2.24, 2.45) is 0 Å². The van der Waals surface area contributed by atoms with Gasteiger partial charge in [0.1, 0.15) is 5.69 Å². The summed E-state index contributed by atoms with van der Waals surface area (Å²) in [6, 6.07) is 7.66. The maximum absolute atomic E-state index is 6.11. The summed E-state index contributed by atoms with van der Waals surface area (Å²) in [7, 11) is 1.67. The van der Waals surface area contributed by atoms with Gasteiger partial charge in [-0.1, -0.05) is 23.2 Å². The van der Waals surface area contributed by atoms with E-state index in [1.54, 1.807) is 18.4 Å². The number of methoxy groups -OCH3 is 1. The number of hydrogen-bond donors (Lipinski definition) is 1. The van der Waals surface area contributed by atoms with Crippen LogP contribution in [-0.2, 0) is 4.74 Å². The summed E-state index contributed by atoms with van der Waals surface area (Å²) in [4.78, 5) is 0. The first kappa shape index (κ1) is 15.5. The minimum absolute atomic E-state index is 0.427. The number of nitrogens with one attached hydrogen (secondary N) is 1. The van der Waals surface area contributed by atoms with Gasteiger partial charge in [-0.15, -0.1) is 21.5 Å². The number of benzene rings is 1. The van der Waals surface area contributed by atoms with Crippen molar-refractivity contribution in [3.63, 3.8) is 0 Å². The predicted molar refractivity (Wildman–Crippen MR) is 93.2 cm³/mol. The second-order valence-corrected chi connectivity index (χ2v) is 6.32. The van der Waals surface area contributed by atoms with Gasteiger partial charge in [0.15, 0.2) is 5.15 Å². The fourth-order valence-electron chi connectivity index (χ4n) is 2.20. The zero-order valence-corrected chi connectivity index (χ0v) is 14.1. The Labute approximate surface area is 142 Å². The molecule has 0 amide bonds. The van der Waals surface area contributed by atoms with Crippen molar-refractivity contribution >= 4 is 50.3 Å². The van der Waals surface area contributed by atoms with Crippen LogP contribution >= 0.6 is 34.5 Å². The lowest BCUT2D eigenvalue weighted by atomic mass is 10.1. The fraction of sp³-hybridized carbons (Fsp3) is 0.200. The Bertz CT molecular complexity index is 807. The molecule has 1 aromatic carbocycles. The molecule has 0 saturated heterocycles. The molecule has 1 N–H and O–H groups in total. The monoisotopic (exact) mass is 353 g/mol. The van der Waals surface area contributed by atoms with E-state index in [0.29, 0.717) is 23.3 Å². The first-order valence-corrected chi connectivity index (χ1v) is 8.26. The number of hydrogen-bond acceptors (Lipinski definition) is 5. The summed E-state index contributed by atoms with van der Waals surface area (Å²) < 4.78 is 6.01. The molecule has 3 rings (SSSR count). The van der Waals surface area contributed by atoms with Gasteiger partial charge in [0.2, 0.25) is 0 Å². The van der Waals surface area contributed by atoms with Crippen LogP contribution in [0.5, 0.6) is 0 Å². The molecule has 114 valence electrons.